The van der Waals surface area contributed by atoms with Crippen molar-refractivity contribution in [1.29, 1.82) is 0 Å². The Morgan fingerprint density at radius 2 is 2.29 bits per heavy atom. The minimum atomic E-state index is -0.735. The SMILES string of the molecule is C[C@@](O)(CCl)CBr. The van der Waals surface area contributed by atoms with Crippen molar-refractivity contribution in [2.45, 2.75) is 12.5 Å². The average Bonchev–Trinajstić information content (AvgIpc) is 1.68. The van der Waals surface area contributed by atoms with E-state index in [-0.39, 0.29) is 5.88 Å². The third kappa shape index (κ3) is 3.32. The van der Waals surface area contributed by atoms with E-state index >= 15 is 0 Å². The lowest BCUT2D eigenvalue weighted by molar-refractivity contribution is 0.112. The van der Waals surface area contributed by atoms with Crippen LogP contribution in [0.4, 0.5) is 0 Å². The molecule has 0 aromatic rings. The highest BCUT2D eigenvalue weighted by molar-refractivity contribution is 9.09. The molecule has 3 heteroatoms. The minimum absolute atomic E-state index is 0.276. The summed E-state index contributed by atoms with van der Waals surface area (Å²) in [5, 5.41) is 9.48. The molecule has 0 aliphatic rings. The van der Waals surface area contributed by atoms with Gasteiger partial charge in [0, 0.05) is 5.33 Å². The first kappa shape index (κ1) is 7.73. The van der Waals surface area contributed by atoms with Gasteiger partial charge in [-0.15, -0.1) is 11.6 Å². The van der Waals surface area contributed by atoms with E-state index in [0.29, 0.717) is 5.33 Å². The molecular formula is C4H8BrClO. The van der Waals surface area contributed by atoms with Gasteiger partial charge >= 0.3 is 0 Å². The highest BCUT2D eigenvalue weighted by Gasteiger charge is 2.15. The van der Waals surface area contributed by atoms with Crippen LogP contribution in [0.5, 0.6) is 0 Å². The second kappa shape index (κ2) is 2.90. The van der Waals surface area contributed by atoms with Crippen molar-refractivity contribution in [3.8, 4) is 0 Å². The number of halogens is 2. The molecule has 0 aliphatic heterocycles. The fourth-order valence-corrected chi connectivity index (χ4v) is 0.557. The molecule has 0 aromatic heterocycles. The quantitative estimate of drug-likeness (QED) is 0.648. The number of alkyl halides is 2. The van der Waals surface area contributed by atoms with Crippen molar-refractivity contribution in [3.63, 3.8) is 0 Å². The zero-order valence-electron chi connectivity index (χ0n) is 4.12. The normalized spacial score (nSPS) is 18.9. The summed E-state index contributed by atoms with van der Waals surface area (Å²) in [7, 11) is 0. The maximum atomic E-state index is 8.95. The summed E-state index contributed by atoms with van der Waals surface area (Å²) in [6, 6.07) is 0. The van der Waals surface area contributed by atoms with Crippen molar-refractivity contribution >= 4 is 27.5 Å². The molecule has 0 bridgehead atoms. The van der Waals surface area contributed by atoms with Gasteiger partial charge < -0.3 is 5.11 Å². The molecule has 1 N–H and O–H groups in total. The molecule has 0 fully saturated rings. The lowest BCUT2D eigenvalue weighted by Gasteiger charge is -2.14. The van der Waals surface area contributed by atoms with E-state index in [4.69, 9.17) is 16.7 Å². The van der Waals surface area contributed by atoms with Gasteiger partial charge in [-0.2, -0.15) is 0 Å². The molecule has 7 heavy (non-hydrogen) atoms. The third-order valence-electron chi connectivity index (χ3n) is 0.576. The monoisotopic (exact) mass is 186 g/mol. The molecule has 44 valence electrons. The second-order valence-corrected chi connectivity index (χ2v) is 2.59. The van der Waals surface area contributed by atoms with Gasteiger partial charge in [0.05, 0.1) is 11.5 Å². The molecule has 0 aliphatic carbocycles. The first-order valence-corrected chi connectivity index (χ1v) is 3.62. The van der Waals surface area contributed by atoms with Crippen molar-refractivity contribution < 1.29 is 5.11 Å². The van der Waals surface area contributed by atoms with Crippen LogP contribution < -0.4 is 0 Å². The van der Waals surface area contributed by atoms with Gasteiger partial charge in [0.1, 0.15) is 0 Å². The van der Waals surface area contributed by atoms with E-state index in [9.17, 15) is 0 Å². The molecule has 0 saturated heterocycles. The fraction of sp³-hybridized carbons (Fsp3) is 1.00. The summed E-state index contributed by atoms with van der Waals surface area (Å²) in [5.74, 6) is 0.276. The van der Waals surface area contributed by atoms with Crippen LogP contribution in [0.3, 0.4) is 0 Å². The summed E-state index contributed by atoms with van der Waals surface area (Å²) in [4.78, 5) is 0. The molecule has 0 aromatic carbocycles. The molecule has 0 heterocycles. The number of aliphatic hydroxyl groups is 1. The Kier molecular flexibility index (Phi) is 3.20. The van der Waals surface area contributed by atoms with E-state index in [1.54, 1.807) is 6.92 Å². The number of hydrogen-bond donors (Lipinski definition) is 1. The Balaban J connectivity index is 3.36. The Labute approximate surface area is 56.8 Å². The highest BCUT2D eigenvalue weighted by atomic mass is 79.9. The molecule has 1 atom stereocenters. The predicted molar refractivity (Wildman–Crippen MR) is 35.1 cm³/mol. The van der Waals surface area contributed by atoms with Gasteiger partial charge in [-0.25, -0.2) is 0 Å². The summed E-state index contributed by atoms with van der Waals surface area (Å²) in [6.45, 7) is 1.68. The molecule has 0 spiro atoms. The van der Waals surface area contributed by atoms with Crippen LogP contribution in [0.2, 0.25) is 0 Å². The fourth-order valence-electron chi connectivity index (χ4n) is 0.0357. The zero-order chi connectivity index (χ0) is 5.91. The lowest BCUT2D eigenvalue weighted by Crippen LogP contribution is -2.27. The third-order valence-corrected chi connectivity index (χ3v) is 2.36. The first-order valence-electron chi connectivity index (χ1n) is 1.97. The van der Waals surface area contributed by atoms with E-state index in [1.165, 1.54) is 0 Å². The number of hydrogen-bond acceptors (Lipinski definition) is 1. The van der Waals surface area contributed by atoms with Crippen LogP contribution in [0.15, 0.2) is 0 Å². The molecule has 0 rings (SSSR count). The Bertz CT molecular complexity index is 49.7. The summed E-state index contributed by atoms with van der Waals surface area (Å²) >= 11 is 8.41. The van der Waals surface area contributed by atoms with Crippen LogP contribution in [0.25, 0.3) is 0 Å². The largest absolute Gasteiger partial charge is 0.388 e. The highest BCUT2D eigenvalue weighted by Crippen LogP contribution is 2.07. The molecular weight excluding hydrogens is 179 g/mol. The predicted octanol–water partition coefficient (Wildman–Crippen LogP) is 1.37. The van der Waals surface area contributed by atoms with Gasteiger partial charge in [-0.1, -0.05) is 15.9 Å². The Morgan fingerprint density at radius 3 is 2.29 bits per heavy atom. The molecule has 0 unspecified atom stereocenters. The summed E-state index contributed by atoms with van der Waals surface area (Å²) in [5.41, 5.74) is -0.735. The first-order chi connectivity index (χ1) is 3.12. The Morgan fingerprint density at radius 1 is 1.86 bits per heavy atom. The van der Waals surface area contributed by atoms with Gasteiger partial charge in [-0.3, -0.25) is 0 Å². The van der Waals surface area contributed by atoms with Gasteiger partial charge in [0.2, 0.25) is 0 Å². The van der Waals surface area contributed by atoms with Crippen LogP contribution in [0, 0.1) is 0 Å². The van der Waals surface area contributed by atoms with Crippen molar-refractivity contribution in [2.24, 2.45) is 0 Å². The van der Waals surface area contributed by atoms with Crippen molar-refractivity contribution in [1.82, 2.24) is 0 Å². The number of rotatable bonds is 2. The van der Waals surface area contributed by atoms with Crippen molar-refractivity contribution in [2.75, 3.05) is 11.2 Å². The topological polar surface area (TPSA) is 20.2 Å². The molecule has 1 nitrogen and oxygen atoms in total. The smallest absolute Gasteiger partial charge is 0.0850 e. The standard InChI is InChI=1S/C4H8BrClO/c1-4(7,2-5)3-6/h7H,2-3H2,1H3/t4-/m0/s1. The van der Waals surface area contributed by atoms with Gasteiger partial charge in [-0.05, 0) is 6.92 Å². The molecule has 0 saturated carbocycles. The Hall–Kier alpha value is 0.730. The maximum absolute atomic E-state index is 8.95. The van der Waals surface area contributed by atoms with Crippen molar-refractivity contribution in [3.05, 3.63) is 0 Å². The summed E-state index contributed by atoms with van der Waals surface area (Å²) < 4.78 is 0. The molecule has 0 radical (unpaired) electrons. The van der Waals surface area contributed by atoms with E-state index < -0.39 is 5.60 Å². The minimum Gasteiger partial charge on any atom is -0.388 e. The lowest BCUT2D eigenvalue weighted by atomic mass is 10.2. The van der Waals surface area contributed by atoms with E-state index in [2.05, 4.69) is 15.9 Å². The zero-order valence-corrected chi connectivity index (χ0v) is 6.46. The second-order valence-electron chi connectivity index (χ2n) is 1.76. The van der Waals surface area contributed by atoms with Crippen LogP contribution in [0.1, 0.15) is 6.92 Å². The van der Waals surface area contributed by atoms with Crippen LogP contribution >= 0.6 is 27.5 Å². The van der Waals surface area contributed by atoms with E-state index in [1.807, 2.05) is 0 Å². The average molecular weight is 187 g/mol. The van der Waals surface area contributed by atoms with E-state index in [0.717, 1.165) is 0 Å². The van der Waals surface area contributed by atoms with Crippen LogP contribution in [-0.4, -0.2) is 21.9 Å². The maximum Gasteiger partial charge on any atom is 0.0850 e. The molecule has 0 amide bonds. The van der Waals surface area contributed by atoms with Gasteiger partial charge in [0.25, 0.3) is 0 Å². The van der Waals surface area contributed by atoms with Gasteiger partial charge in [0.15, 0.2) is 0 Å². The summed E-state index contributed by atoms with van der Waals surface area (Å²) in [6.07, 6.45) is 0. The van der Waals surface area contributed by atoms with Crippen LogP contribution in [-0.2, 0) is 0 Å².